The van der Waals surface area contributed by atoms with Crippen LogP contribution in [0.4, 0.5) is 0 Å². The fourth-order valence-electron chi connectivity index (χ4n) is 3.29. The van der Waals surface area contributed by atoms with Gasteiger partial charge in [0.15, 0.2) is 5.78 Å². The van der Waals surface area contributed by atoms with E-state index >= 15 is 0 Å². The third-order valence-corrected chi connectivity index (χ3v) is 4.81. The van der Waals surface area contributed by atoms with Crippen LogP contribution in [-0.4, -0.2) is 38.4 Å². The topological polar surface area (TPSA) is 61.4 Å². The van der Waals surface area contributed by atoms with E-state index in [-0.39, 0.29) is 11.7 Å². The number of carbonyl (C=O) groups is 1. The van der Waals surface area contributed by atoms with Crippen LogP contribution in [0.1, 0.15) is 43.1 Å². The Morgan fingerprint density at radius 3 is 2.68 bits per heavy atom. The van der Waals surface area contributed by atoms with Crippen molar-refractivity contribution in [3.05, 3.63) is 42.5 Å². The van der Waals surface area contributed by atoms with Gasteiger partial charge in [0.05, 0.1) is 29.5 Å². The number of carbonyl (C=O) groups excluding carboxylic acids is 1. The number of Topliss-reactive ketones (excluding diaryl/α,β-unsaturated/α-hetero) is 1. The molecule has 4 heterocycles. The predicted molar refractivity (Wildman–Crippen MR) is 94.7 cm³/mol. The van der Waals surface area contributed by atoms with Crippen LogP contribution in [0.15, 0.2) is 36.9 Å². The number of ether oxygens (including phenoxy) is 1. The number of rotatable bonds is 4. The number of nitrogens with zero attached hydrogens (tertiary/aromatic N) is 4. The fourth-order valence-corrected chi connectivity index (χ4v) is 3.29. The van der Waals surface area contributed by atoms with Gasteiger partial charge in [-0.1, -0.05) is 19.9 Å². The first kappa shape index (κ1) is 16.0. The molecule has 0 radical (unpaired) electrons. The molecular weight excluding hydrogens is 316 g/mol. The Hall–Kier alpha value is -2.47. The number of hydrogen-bond acceptors (Lipinski definition) is 4. The molecule has 1 saturated heterocycles. The third kappa shape index (κ3) is 2.98. The molecule has 3 aromatic rings. The first-order valence-corrected chi connectivity index (χ1v) is 8.77. The number of pyridine rings is 1. The Labute approximate surface area is 146 Å². The second-order valence-corrected chi connectivity index (χ2v) is 6.88. The summed E-state index contributed by atoms with van der Waals surface area (Å²) in [6.07, 6.45) is 9.59. The van der Waals surface area contributed by atoms with Gasteiger partial charge in [-0.15, -0.1) is 0 Å². The molecule has 4 rings (SSSR count). The maximum Gasteiger partial charge on any atom is 0.169 e. The molecule has 6 nitrogen and oxygen atoms in total. The van der Waals surface area contributed by atoms with E-state index in [1.807, 2.05) is 43.1 Å². The normalized spacial score (nSPS) is 16.0. The zero-order valence-electron chi connectivity index (χ0n) is 14.6. The van der Waals surface area contributed by atoms with E-state index < -0.39 is 0 Å². The molecule has 6 heteroatoms. The van der Waals surface area contributed by atoms with Crippen molar-refractivity contribution in [2.24, 2.45) is 5.92 Å². The van der Waals surface area contributed by atoms with Gasteiger partial charge < -0.3 is 4.74 Å². The van der Waals surface area contributed by atoms with Crippen LogP contribution in [0.5, 0.6) is 0 Å². The largest absolute Gasteiger partial charge is 0.381 e. The second-order valence-electron chi connectivity index (χ2n) is 6.88. The Kier molecular flexibility index (Phi) is 4.13. The van der Waals surface area contributed by atoms with Crippen LogP contribution in [-0.2, 0) is 4.74 Å². The quantitative estimate of drug-likeness (QED) is 0.684. The van der Waals surface area contributed by atoms with Gasteiger partial charge >= 0.3 is 0 Å². The summed E-state index contributed by atoms with van der Waals surface area (Å²) in [6.45, 7) is 5.41. The van der Waals surface area contributed by atoms with Gasteiger partial charge in [0, 0.05) is 42.7 Å². The number of fused-ring (bicyclic) bond motifs is 1. The summed E-state index contributed by atoms with van der Waals surface area (Å²) in [5, 5.41) is 8.89. The van der Waals surface area contributed by atoms with Crippen LogP contribution in [0, 0.1) is 5.92 Å². The monoisotopic (exact) mass is 338 g/mol. The van der Waals surface area contributed by atoms with Gasteiger partial charge in [-0.25, -0.2) is 4.52 Å². The van der Waals surface area contributed by atoms with Crippen molar-refractivity contribution in [3.63, 3.8) is 0 Å². The molecule has 1 aliphatic heterocycles. The second kappa shape index (κ2) is 6.44. The minimum Gasteiger partial charge on any atom is -0.381 e. The molecule has 0 aliphatic carbocycles. The first-order valence-electron chi connectivity index (χ1n) is 8.77. The summed E-state index contributed by atoms with van der Waals surface area (Å²) in [6, 6.07) is 4.40. The minimum absolute atomic E-state index is 0.0367. The van der Waals surface area contributed by atoms with Crippen molar-refractivity contribution in [2.45, 2.75) is 32.7 Å². The number of hydrogen-bond donors (Lipinski definition) is 0. The summed E-state index contributed by atoms with van der Waals surface area (Å²) in [7, 11) is 0. The Balaban J connectivity index is 1.64. The highest BCUT2D eigenvalue weighted by atomic mass is 16.5. The maximum absolute atomic E-state index is 12.3. The van der Waals surface area contributed by atoms with Crippen LogP contribution < -0.4 is 0 Å². The molecule has 0 spiro atoms. The average molecular weight is 338 g/mol. The van der Waals surface area contributed by atoms with Crippen molar-refractivity contribution < 1.29 is 9.53 Å². The summed E-state index contributed by atoms with van der Waals surface area (Å²) in [4.78, 5) is 12.3. The SMILES string of the molecule is CC(C)C(=O)c1cnn2cc(-c3cnn(C4CCOCC4)c3)ccc12. The molecule has 0 atom stereocenters. The first-order chi connectivity index (χ1) is 12.1. The molecule has 0 aromatic carbocycles. The van der Waals surface area contributed by atoms with Gasteiger partial charge in [-0.3, -0.25) is 9.48 Å². The van der Waals surface area contributed by atoms with E-state index in [2.05, 4.69) is 16.4 Å². The van der Waals surface area contributed by atoms with Crippen molar-refractivity contribution >= 4 is 11.3 Å². The Morgan fingerprint density at radius 2 is 1.92 bits per heavy atom. The minimum atomic E-state index is -0.0367. The molecule has 0 N–H and O–H groups in total. The van der Waals surface area contributed by atoms with Gasteiger partial charge in [-0.2, -0.15) is 10.2 Å². The molecule has 1 aliphatic rings. The lowest BCUT2D eigenvalue weighted by molar-refractivity contribution is 0.0662. The van der Waals surface area contributed by atoms with Crippen molar-refractivity contribution in [1.29, 1.82) is 0 Å². The summed E-state index contributed by atoms with van der Waals surface area (Å²) in [5.74, 6) is 0.0838. The van der Waals surface area contributed by atoms with Crippen molar-refractivity contribution in [1.82, 2.24) is 19.4 Å². The molecule has 130 valence electrons. The Bertz CT molecular complexity index is 903. The van der Waals surface area contributed by atoms with E-state index in [0.29, 0.717) is 11.6 Å². The highest BCUT2D eigenvalue weighted by molar-refractivity contribution is 6.03. The highest BCUT2D eigenvalue weighted by Crippen LogP contribution is 2.25. The van der Waals surface area contributed by atoms with Gasteiger partial charge in [-0.05, 0) is 18.9 Å². The molecular formula is C19H22N4O2. The van der Waals surface area contributed by atoms with E-state index in [9.17, 15) is 4.79 Å². The molecule has 0 unspecified atom stereocenters. The standard InChI is InChI=1S/C19H22N4O2/c1-13(2)19(24)17-10-21-23-11-14(3-4-18(17)23)15-9-20-22(12-15)16-5-7-25-8-6-16/h3-4,9-13,16H,5-8H2,1-2H3. The lowest BCUT2D eigenvalue weighted by Crippen LogP contribution is -2.19. The third-order valence-electron chi connectivity index (χ3n) is 4.81. The number of ketones is 1. The van der Waals surface area contributed by atoms with Crippen molar-refractivity contribution in [2.75, 3.05) is 13.2 Å². The van der Waals surface area contributed by atoms with Gasteiger partial charge in [0.25, 0.3) is 0 Å². The summed E-state index contributed by atoms with van der Waals surface area (Å²) >= 11 is 0. The van der Waals surface area contributed by atoms with E-state index in [0.717, 1.165) is 42.7 Å². The van der Waals surface area contributed by atoms with Gasteiger partial charge in [0.2, 0.25) is 0 Å². The lowest BCUT2D eigenvalue weighted by Gasteiger charge is -2.22. The summed E-state index contributed by atoms with van der Waals surface area (Å²) in [5.41, 5.74) is 3.62. The maximum atomic E-state index is 12.3. The molecule has 1 fully saturated rings. The zero-order chi connectivity index (χ0) is 17.4. The van der Waals surface area contributed by atoms with Crippen molar-refractivity contribution in [3.8, 4) is 11.1 Å². The summed E-state index contributed by atoms with van der Waals surface area (Å²) < 4.78 is 9.23. The fraction of sp³-hybridized carbons (Fsp3) is 0.421. The lowest BCUT2D eigenvalue weighted by atomic mass is 10.0. The smallest absolute Gasteiger partial charge is 0.169 e. The van der Waals surface area contributed by atoms with E-state index in [4.69, 9.17) is 4.74 Å². The van der Waals surface area contributed by atoms with E-state index in [1.54, 1.807) is 10.7 Å². The molecule has 0 amide bonds. The average Bonchev–Trinajstić information content (AvgIpc) is 3.28. The predicted octanol–water partition coefficient (Wildman–Crippen LogP) is 3.39. The molecule has 3 aromatic heterocycles. The highest BCUT2D eigenvalue weighted by Gasteiger charge is 2.18. The molecule has 0 saturated carbocycles. The van der Waals surface area contributed by atoms with Crippen LogP contribution in [0.3, 0.4) is 0 Å². The molecule has 0 bridgehead atoms. The Morgan fingerprint density at radius 1 is 1.12 bits per heavy atom. The van der Waals surface area contributed by atoms with Gasteiger partial charge in [0.1, 0.15) is 0 Å². The number of aromatic nitrogens is 4. The van der Waals surface area contributed by atoms with Crippen LogP contribution >= 0.6 is 0 Å². The van der Waals surface area contributed by atoms with Crippen LogP contribution in [0.2, 0.25) is 0 Å². The zero-order valence-corrected chi connectivity index (χ0v) is 14.6. The molecule has 25 heavy (non-hydrogen) atoms. The van der Waals surface area contributed by atoms with Crippen LogP contribution in [0.25, 0.3) is 16.6 Å². The van der Waals surface area contributed by atoms with E-state index in [1.165, 1.54) is 0 Å².